The zero-order valence-corrected chi connectivity index (χ0v) is 18.7. The molecule has 176 valence electrons. The summed E-state index contributed by atoms with van der Waals surface area (Å²) in [4.78, 5) is 69.9. The molecule has 3 N–H and O–H groups in total. The highest BCUT2D eigenvalue weighted by atomic mass is 16.7. The second-order valence-corrected chi connectivity index (χ2v) is 8.44. The van der Waals surface area contributed by atoms with E-state index in [9.17, 15) is 24.0 Å². The number of piperidine rings is 1. The van der Waals surface area contributed by atoms with Crippen molar-refractivity contribution in [1.82, 2.24) is 20.3 Å². The van der Waals surface area contributed by atoms with E-state index in [1.54, 1.807) is 39.8 Å². The van der Waals surface area contributed by atoms with E-state index < -0.39 is 41.7 Å². The molecule has 33 heavy (non-hydrogen) atoms. The number of hydroxylamine groups is 1. The molecular formula is C21H25N5O7. The monoisotopic (exact) mass is 459 g/mol. The molecule has 1 aliphatic rings. The maximum atomic E-state index is 13.1. The van der Waals surface area contributed by atoms with E-state index in [1.165, 1.54) is 10.6 Å². The summed E-state index contributed by atoms with van der Waals surface area (Å²) in [5, 5.41) is 5.01. The van der Waals surface area contributed by atoms with E-state index >= 15 is 0 Å². The van der Waals surface area contributed by atoms with Crippen LogP contribution in [0.4, 0.5) is 10.5 Å². The Labute approximate surface area is 188 Å². The number of ether oxygens (including phenoxy) is 1. The predicted molar refractivity (Wildman–Crippen MR) is 116 cm³/mol. The number of para-hydroxylation sites is 1. The summed E-state index contributed by atoms with van der Waals surface area (Å²) in [5.41, 5.74) is 1.32. The summed E-state index contributed by atoms with van der Waals surface area (Å²) in [6, 6.07) is 3.80. The van der Waals surface area contributed by atoms with Gasteiger partial charge in [0.05, 0.1) is 11.1 Å². The third-order valence-electron chi connectivity index (χ3n) is 4.66. The molecule has 1 unspecified atom stereocenters. The molecule has 3 rings (SSSR count). The van der Waals surface area contributed by atoms with Gasteiger partial charge in [-0.25, -0.2) is 9.78 Å². The van der Waals surface area contributed by atoms with Crippen molar-refractivity contribution in [3.05, 3.63) is 34.4 Å². The lowest BCUT2D eigenvalue weighted by molar-refractivity contribution is -0.136. The van der Waals surface area contributed by atoms with Gasteiger partial charge in [-0.05, 0) is 46.2 Å². The van der Waals surface area contributed by atoms with E-state index in [2.05, 4.69) is 15.6 Å². The topological polar surface area (TPSA) is 158 Å². The van der Waals surface area contributed by atoms with Crippen LogP contribution in [-0.4, -0.2) is 45.6 Å². The van der Waals surface area contributed by atoms with Crippen molar-refractivity contribution in [2.75, 3.05) is 11.9 Å². The number of anilines is 1. The lowest BCUT2D eigenvalue weighted by Crippen LogP contribution is -2.45. The van der Waals surface area contributed by atoms with Gasteiger partial charge in [0.2, 0.25) is 11.8 Å². The molecule has 0 aliphatic carbocycles. The number of aryl methyl sites for hydroxylation is 1. The Morgan fingerprint density at radius 1 is 1.24 bits per heavy atom. The van der Waals surface area contributed by atoms with Gasteiger partial charge in [0.15, 0.2) is 6.61 Å². The van der Waals surface area contributed by atoms with Gasteiger partial charge in [-0.15, -0.1) is 0 Å². The minimum absolute atomic E-state index is 0.119. The van der Waals surface area contributed by atoms with Crippen LogP contribution < -0.4 is 21.7 Å². The first-order chi connectivity index (χ1) is 15.5. The van der Waals surface area contributed by atoms with Crippen molar-refractivity contribution >= 4 is 40.4 Å². The number of amides is 4. The lowest BCUT2D eigenvalue weighted by Gasteiger charge is -2.24. The van der Waals surface area contributed by atoms with Crippen molar-refractivity contribution in [1.29, 1.82) is 0 Å². The van der Waals surface area contributed by atoms with Crippen LogP contribution in [0.5, 0.6) is 0 Å². The average molecular weight is 459 g/mol. The predicted octanol–water partition coefficient (Wildman–Crippen LogP) is 1.08. The Morgan fingerprint density at radius 3 is 2.64 bits per heavy atom. The Morgan fingerprint density at radius 2 is 1.97 bits per heavy atom. The van der Waals surface area contributed by atoms with Crippen LogP contribution in [0, 0.1) is 6.92 Å². The molecule has 1 aromatic heterocycles. The quantitative estimate of drug-likeness (QED) is 0.443. The number of carbonyl (C=O) groups is 4. The first kappa shape index (κ1) is 23.9. The fourth-order valence-corrected chi connectivity index (χ4v) is 3.37. The molecule has 1 fully saturated rings. The number of carbonyl (C=O) groups excluding carboxylic acids is 4. The number of benzene rings is 1. The molecule has 2 heterocycles. The molecule has 0 radical (unpaired) electrons. The van der Waals surface area contributed by atoms with Gasteiger partial charge in [-0.2, -0.15) is 5.48 Å². The molecule has 0 spiro atoms. The average Bonchev–Trinajstić information content (AvgIpc) is 2.69. The highest BCUT2D eigenvalue weighted by molar-refractivity contribution is 6.01. The van der Waals surface area contributed by atoms with Gasteiger partial charge in [0.25, 0.3) is 11.5 Å². The van der Waals surface area contributed by atoms with Crippen molar-refractivity contribution in [3.8, 4) is 0 Å². The maximum absolute atomic E-state index is 13.1. The third-order valence-corrected chi connectivity index (χ3v) is 4.66. The summed E-state index contributed by atoms with van der Waals surface area (Å²) >= 11 is 0. The highest BCUT2D eigenvalue weighted by Gasteiger charge is 2.30. The van der Waals surface area contributed by atoms with E-state index in [1.807, 2.05) is 5.48 Å². The fraction of sp³-hybridized carbons (Fsp3) is 0.429. The number of aromatic nitrogens is 2. The first-order valence-electron chi connectivity index (χ1n) is 10.2. The standard InChI is InChI=1S/C21H25N5O7/c1-11-22-17-12(19(30)26(11)14-8-9-15(27)24-18(14)29)6-5-7-13(17)23-16(28)10-32-25-20(31)33-21(2,3)4/h5-7,14H,8-10H2,1-4H3,(H,23,28)(H,25,31)(H,24,27,29). The largest absolute Gasteiger partial charge is 0.442 e. The molecule has 1 saturated heterocycles. The van der Waals surface area contributed by atoms with Crippen molar-refractivity contribution in [2.24, 2.45) is 0 Å². The summed E-state index contributed by atoms with van der Waals surface area (Å²) in [5.74, 6) is -1.29. The van der Waals surface area contributed by atoms with Gasteiger partial charge >= 0.3 is 6.09 Å². The van der Waals surface area contributed by atoms with Crippen molar-refractivity contribution < 1.29 is 28.8 Å². The van der Waals surface area contributed by atoms with Gasteiger partial charge in [-0.1, -0.05) is 6.07 Å². The van der Waals surface area contributed by atoms with Crippen LogP contribution in [-0.2, 0) is 24.0 Å². The third kappa shape index (κ3) is 5.71. The summed E-state index contributed by atoms with van der Waals surface area (Å²) in [6.07, 6.45) is -0.531. The fourth-order valence-electron chi connectivity index (χ4n) is 3.37. The normalized spacial score (nSPS) is 16.3. The number of rotatable bonds is 5. The van der Waals surface area contributed by atoms with Crippen LogP contribution in [0.2, 0.25) is 0 Å². The first-order valence-corrected chi connectivity index (χ1v) is 10.2. The van der Waals surface area contributed by atoms with E-state index in [0.29, 0.717) is 0 Å². The molecule has 12 nitrogen and oxygen atoms in total. The molecule has 4 amide bonds. The van der Waals surface area contributed by atoms with Crippen LogP contribution in [0.15, 0.2) is 23.0 Å². The minimum atomic E-state index is -0.849. The Hall–Kier alpha value is -3.80. The summed E-state index contributed by atoms with van der Waals surface area (Å²) in [7, 11) is 0. The van der Waals surface area contributed by atoms with Crippen LogP contribution in [0.25, 0.3) is 10.9 Å². The molecule has 2 aromatic rings. The maximum Gasteiger partial charge on any atom is 0.431 e. The second-order valence-electron chi connectivity index (χ2n) is 8.44. The molecular weight excluding hydrogens is 434 g/mol. The zero-order valence-electron chi connectivity index (χ0n) is 18.7. The Bertz CT molecular complexity index is 1180. The smallest absolute Gasteiger partial charge is 0.431 e. The SMILES string of the molecule is Cc1nc2c(NC(=O)CONC(=O)OC(C)(C)C)cccc2c(=O)n1C1CCC(=O)NC1=O. The second kappa shape index (κ2) is 9.36. The molecule has 0 saturated carbocycles. The lowest BCUT2D eigenvalue weighted by atomic mass is 10.1. The number of hydrogen-bond donors (Lipinski definition) is 3. The van der Waals surface area contributed by atoms with Gasteiger partial charge in [0.1, 0.15) is 23.0 Å². The molecule has 1 aromatic carbocycles. The Balaban J connectivity index is 1.77. The van der Waals surface area contributed by atoms with E-state index in [4.69, 9.17) is 9.57 Å². The number of nitrogens with zero attached hydrogens (tertiary/aromatic N) is 2. The summed E-state index contributed by atoms with van der Waals surface area (Å²) in [6.45, 7) is 6.11. The van der Waals surface area contributed by atoms with Gasteiger partial charge < -0.3 is 10.1 Å². The minimum Gasteiger partial charge on any atom is -0.442 e. The zero-order chi connectivity index (χ0) is 24.3. The van der Waals surface area contributed by atoms with Crippen LogP contribution in [0.3, 0.4) is 0 Å². The van der Waals surface area contributed by atoms with Crippen LogP contribution in [0.1, 0.15) is 45.5 Å². The van der Waals surface area contributed by atoms with Crippen molar-refractivity contribution in [3.63, 3.8) is 0 Å². The highest BCUT2D eigenvalue weighted by Crippen LogP contribution is 2.23. The number of imide groups is 1. The summed E-state index contributed by atoms with van der Waals surface area (Å²) < 4.78 is 6.25. The number of hydrogen-bond acceptors (Lipinski definition) is 8. The Kier molecular flexibility index (Phi) is 6.77. The molecule has 0 bridgehead atoms. The van der Waals surface area contributed by atoms with Crippen LogP contribution >= 0.6 is 0 Å². The van der Waals surface area contributed by atoms with E-state index in [0.717, 1.165) is 0 Å². The van der Waals surface area contributed by atoms with Gasteiger partial charge in [-0.3, -0.25) is 33.9 Å². The van der Waals surface area contributed by atoms with Crippen molar-refractivity contribution in [2.45, 2.75) is 52.2 Å². The van der Waals surface area contributed by atoms with E-state index in [-0.39, 0.29) is 41.2 Å². The molecule has 1 atom stereocenters. The number of nitrogens with one attached hydrogen (secondary N) is 3. The molecule has 1 aliphatic heterocycles. The van der Waals surface area contributed by atoms with Gasteiger partial charge in [0, 0.05) is 6.42 Å². The molecule has 12 heteroatoms. The number of fused-ring (bicyclic) bond motifs is 1.